The largest absolute Gasteiger partial charge is 0.507 e. The number of rotatable bonds is 3. The molecule has 0 radical (unpaired) electrons. The van der Waals surface area contributed by atoms with Crippen molar-refractivity contribution >= 4 is 0 Å². The lowest BCUT2D eigenvalue weighted by Crippen LogP contribution is -1.91. The van der Waals surface area contributed by atoms with E-state index in [4.69, 9.17) is 0 Å². The fraction of sp³-hybridized carbons (Fsp3) is 0. The van der Waals surface area contributed by atoms with E-state index in [-0.39, 0.29) is 11.5 Å². The second-order valence-electron chi connectivity index (χ2n) is 6.13. The van der Waals surface area contributed by atoms with Gasteiger partial charge in [0.25, 0.3) is 0 Å². The van der Waals surface area contributed by atoms with Crippen molar-refractivity contribution in [2.75, 3.05) is 0 Å². The van der Waals surface area contributed by atoms with Crippen molar-refractivity contribution in [1.29, 1.82) is 0 Å². The van der Waals surface area contributed by atoms with E-state index in [1.165, 1.54) is 0 Å². The van der Waals surface area contributed by atoms with Gasteiger partial charge in [-0.1, -0.05) is 84.9 Å². The van der Waals surface area contributed by atoms with Crippen LogP contribution in [0.5, 0.6) is 11.5 Å². The van der Waals surface area contributed by atoms with E-state index in [0.29, 0.717) is 11.1 Å². The highest BCUT2D eigenvalue weighted by Gasteiger charge is 2.19. The van der Waals surface area contributed by atoms with Crippen LogP contribution in [0.2, 0.25) is 0 Å². The summed E-state index contributed by atoms with van der Waals surface area (Å²) in [4.78, 5) is 0. The third-order valence-electron chi connectivity index (χ3n) is 4.50. The highest BCUT2D eigenvalue weighted by molar-refractivity contribution is 5.97. The zero-order chi connectivity index (χ0) is 17.9. The van der Waals surface area contributed by atoms with Crippen LogP contribution in [-0.4, -0.2) is 10.2 Å². The van der Waals surface area contributed by atoms with Crippen LogP contribution < -0.4 is 0 Å². The Labute approximate surface area is 152 Å². The zero-order valence-corrected chi connectivity index (χ0v) is 14.1. The maximum atomic E-state index is 10.7. The van der Waals surface area contributed by atoms with E-state index >= 15 is 0 Å². The third-order valence-corrected chi connectivity index (χ3v) is 4.50. The molecule has 0 amide bonds. The molecule has 0 atom stereocenters. The van der Waals surface area contributed by atoms with Gasteiger partial charge in [0, 0.05) is 11.1 Å². The van der Waals surface area contributed by atoms with Crippen LogP contribution in [0.25, 0.3) is 33.4 Å². The molecular formula is C24H18O2. The third kappa shape index (κ3) is 2.82. The van der Waals surface area contributed by atoms with Crippen molar-refractivity contribution in [3.05, 3.63) is 97.1 Å². The van der Waals surface area contributed by atoms with Crippen molar-refractivity contribution in [2.24, 2.45) is 0 Å². The van der Waals surface area contributed by atoms with Crippen molar-refractivity contribution in [3.63, 3.8) is 0 Å². The number of aromatic hydroxyl groups is 2. The van der Waals surface area contributed by atoms with Crippen molar-refractivity contribution in [3.8, 4) is 44.9 Å². The van der Waals surface area contributed by atoms with Crippen LogP contribution >= 0.6 is 0 Å². The molecule has 0 fully saturated rings. The first kappa shape index (κ1) is 16.0. The van der Waals surface area contributed by atoms with E-state index in [1.54, 1.807) is 12.1 Å². The lowest BCUT2D eigenvalue weighted by molar-refractivity contribution is 0.469. The smallest absolute Gasteiger partial charge is 0.124 e. The summed E-state index contributed by atoms with van der Waals surface area (Å²) in [5.74, 6) is 0.287. The number of benzene rings is 4. The summed E-state index contributed by atoms with van der Waals surface area (Å²) in [7, 11) is 0. The summed E-state index contributed by atoms with van der Waals surface area (Å²) in [5, 5.41) is 21.4. The Bertz CT molecular complexity index is 951. The molecule has 2 N–H and O–H groups in total. The summed E-state index contributed by atoms with van der Waals surface area (Å²) in [6, 6.07) is 30.7. The predicted molar refractivity (Wildman–Crippen MR) is 106 cm³/mol. The Balaban J connectivity index is 2.04. The van der Waals surface area contributed by atoms with Crippen LogP contribution in [0.4, 0.5) is 0 Å². The molecule has 0 bridgehead atoms. The number of hydrogen-bond donors (Lipinski definition) is 2. The van der Waals surface area contributed by atoms with Gasteiger partial charge in [0.15, 0.2) is 0 Å². The first-order chi connectivity index (χ1) is 12.8. The van der Waals surface area contributed by atoms with Gasteiger partial charge in [-0.05, 0) is 34.4 Å². The van der Waals surface area contributed by atoms with Gasteiger partial charge in [0.1, 0.15) is 11.5 Å². The van der Waals surface area contributed by atoms with Crippen LogP contribution in [-0.2, 0) is 0 Å². The highest BCUT2D eigenvalue weighted by Crippen LogP contribution is 2.46. The molecule has 4 aromatic rings. The average molecular weight is 338 g/mol. The van der Waals surface area contributed by atoms with E-state index < -0.39 is 0 Å². The van der Waals surface area contributed by atoms with Crippen molar-refractivity contribution < 1.29 is 10.2 Å². The summed E-state index contributed by atoms with van der Waals surface area (Å²) >= 11 is 0. The van der Waals surface area contributed by atoms with Gasteiger partial charge in [-0.3, -0.25) is 0 Å². The normalized spacial score (nSPS) is 10.6. The van der Waals surface area contributed by atoms with Gasteiger partial charge in [-0.15, -0.1) is 0 Å². The van der Waals surface area contributed by atoms with Crippen LogP contribution in [0.3, 0.4) is 0 Å². The SMILES string of the molecule is Oc1cccc(-c2ccccc2)c1-c1c(O)cccc1-c1ccccc1. The molecule has 126 valence electrons. The molecule has 0 spiro atoms. The van der Waals surface area contributed by atoms with Gasteiger partial charge in [-0.25, -0.2) is 0 Å². The maximum Gasteiger partial charge on any atom is 0.124 e. The molecule has 2 nitrogen and oxygen atoms in total. The Kier molecular flexibility index (Phi) is 4.16. The van der Waals surface area contributed by atoms with Gasteiger partial charge in [-0.2, -0.15) is 0 Å². The molecule has 4 rings (SSSR count). The molecule has 0 aliphatic rings. The molecule has 0 aromatic heterocycles. The molecule has 0 saturated carbocycles. The standard InChI is InChI=1S/C24H18O2/c25-21-15-7-13-19(17-9-3-1-4-10-17)23(21)24-20(14-8-16-22(24)26)18-11-5-2-6-12-18/h1-16,25-26H. The van der Waals surface area contributed by atoms with Crippen LogP contribution in [0.15, 0.2) is 97.1 Å². The molecular weight excluding hydrogens is 320 g/mol. The Hall–Kier alpha value is -3.52. The molecule has 0 aliphatic heterocycles. The first-order valence-electron chi connectivity index (χ1n) is 8.51. The van der Waals surface area contributed by atoms with Gasteiger partial charge in [0.05, 0.1) is 0 Å². The number of phenols is 2. The predicted octanol–water partition coefficient (Wildman–Crippen LogP) is 6.10. The van der Waals surface area contributed by atoms with Gasteiger partial charge >= 0.3 is 0 Å². The quantitative estimate of drug-likeness (QED) is 0.474. The molecule has 26 heavy (non-hydrogen) atoms. The van der Waals surface area contributed by atoms with E-state index in [0.717, 1.165) is 22.3 Å². The van der Waals surface area contributed by atoms with Gasteiger partial charge < -0.3 is 10.2 Å². The highest BCUT2D eigenvalue weighted by atomic mass is 16.3. The fourth-order valence-corrected chi connectivity index (χ4v) is 3.32. The Morgan fingerprint density at radius 1 is 0.385 bits per heavy atom. The molecule has 0 saturated heterocycles. The van der Waals surface area contributed by atoms with Crippen LogP contribution in [0.1, 0.15) is 0 Å². The Morgan fingerprint density at radius 2 is 0.769 bits per heavy atom. The van der Waals surface area contributed by atoms with E-state index in [9.17, 15) is 10.2 Å². The number of hydrogen-bond acceptors (Lipinski definition) is 2. The maximum absolute atomic E-state index is 10.7. The summed E-state index contributed by atoms with van der Waals surface area (Å²) in [6.45, 7) is 0. The number of phenolic OH excluding ortho intramolecular Hbond substituents is 2. The van der Waals surface area contributed by atoms with Gasteiger partial charge in [0.2, 0.25) is 0 Å². The van der Waals surface area contributed by atoms with Crippen molar-refractivity contribution in [1.82, 2.24) is 0 Å². The van der Waals surface area contributed by atoms with E-state index in [2.05, 4.69) is 0 Å². The molecule has 4 aromatic carbocycles. The van der Waals surface area contributed by atoms with Crippen LogP contribution in [0, 0.1) is 0 Å². The molecule has 0 aliphatic carbocycles. The minimum atomic E-state index is 0.144. The first-order valence-corrected chi connectivity index (χ1v) is 8.51. The Morgan fingerprint density at radius 3 is 1.15 bits per heavy atom. The minimum Gasteiger partial charge on any atom is -0.507 e. The second kappa shape index (κ2) is 6.77. The molecule has 0 unspecified atom stereocenters. The van der Waals surface area contributed by atoms with Crippen molar-refractivity contribution in [2.45, 2.75) is 0 Å². The molecule has 0 heterocycles. The lowest BCUT2D eigenvalue weighted by Gasteiger charge is -2.17. The monoisotopic (exact) mass is 338 g/mol. The fourth-order valence-electron chi connectivity index (χ4n) is 3.32. The summed E-state index contributed by atoms with van der Waals surface area (Å²) in [5.41, 5.74) is 5.00. The topological polar surface area (TPSA) is 40.5 Å². The summed E-state index contributed by atoms with van der Waals surface area (Å²) < 4.78 is 0. The average Bonchev–Trinajstić information content (AvgIpc) is 2.69. The summed E-state index contributed by atoms with van der Waals surface area (Å²) in [6.07, 6.45) is 0. The lowest BCUT2D eigenvalue weighted by atomic mass is 9.88. The second-order valence-corrected chi connectivity index (χ2v) is 6.13. The van der Waals surface area contributed by atoms with E-state index in [1.807, 2.05) is 84.9 Å². The zero-order valence-electron chi connectivity index (χ0n) is 14.1. The molecule has 2 heteroatoms. The minimum absolute atomic E-state index is 0.144.